The first-order chi connectivity index (χ1) is 13.5. The second kappa shape index (κ2) is 6.65. The van der Waals surface area contributed by atoms with Crippen LogP contribution in [0.15, 0.2) is 42.5 Å². The molecular formula is C25H28O3. The van der Waals surface area contributed by atoms with E-state index in [1.807, 2.05) is 24.3 Å². The Kier molecular flexibility index (Phi) is 4.22. The van der Waals surface area contributed by atoms with Crippen LogP contribution in [0.3, 0.4) is 0 Å². The summed E-state index contributed by atoms with van der Waals surface area (Å²) in [7, 11) is 1.42. The van der Waals surface area contributed by atoms with Gasteiger partial charge in [0.25, 0.3) is 0 Å². The number of esters is 1. The van der Waals surface area contributed by atoms with E-state index in [0.717, 1.165) is 34.4 Å². The summed E-state index contributed by atoms with van der Waals surface area (Å²) < 4.78 is 4.75. The molecule has 0 saturated heterocycles. The molecule has 4 aliphatic rings. The number of rotatable bonds is 4. The van der Waals surface area contributed by atoms with E-state index in [0.29, 0.717) is 12.2 Å². The Balaban J connectivity index is 1.46. The Morgan fingerprint density at radius 3 is 2.11 bits per heavy atom. The van der Waals surface area contributed by atoms with Gasteiger partial charge in [-0.25, -0.2) is 0 Å². The molecule has 0 radical (unpaired) electrons. The number of phenols is 1. The summed E-state index contributed by atoms with van der Waals surface area (Å²) in [6.07, 6.45) is 8.24. The summed E-state index contributed by atoms with van der Waals surface area (Å²) in [6, 6.07) is 14.2. The van der Waals surface area contributed by atoms with Crippen LogP contribution < -0.4 is 0 Å². The maximum Gasteiger partial charge on any atom is 0.309 e. The first-order valence-electron chi connectivity index (χ1n) is 10.5. The molecule has 28 heavy (non-hydrogen) atoms. The molecule has 0 aliphatic heterocycles. The van der Waals surface area contributed by atoms with Crippen LogP contribution in [-0.2, 0) is 21.4 Å². The van der Waals surface area contributed by atoms with Crippen LogP contribution >= 0.6 is 0 Å². The maximum atomic E-state index is 11.5. The average Bonchev–Trinajstić information content (AvgIpc) is 2.68. The quantitative estimate of drug-likeness (QED) is 0.742. The summed E-state index contributed by atoms with van der Waals surface area (Å²) in [4.78, 5) is 11.5. The fourth-order valence-corrected chi connectivity index (χ4v) is 6.63. The number of carbonyl (C=O) groups is 1. The molecule has 0 amide bonds. The Morgan fingerprint density at radius 1 is 0.964 bits per heavy atom. The highest BCUT2D eigenvalue weighted by Gasteiger charge is 2.52. The molecule has 2 aromatic carbocycles. The second-order valence-electron chi connectivity index (χ2n) is 9.38. The van der Waals surface area contributed by atoms with Crippen molar-refractivity contribution in [2.45, 2.75) is 50.4 Å². The van der Waals surface area contributed by atoms with Gasteiger partial charge in [-0.15, -0.1) is 0 Å². The van der Waals surface area contributed by atoms with Gasteiger partial charge in [-0.1, -0.05) is 30.3 Å². The van der Waals surface area contributed by atoms with Crippen molar-refractivity contribution in [3.8, 4) is 16.9 Å². The number of benzene rings is 2. The van der Waals surface area contributed by atoms with Gasteiger partial charge in [-0.05, 0) is 90.5 Å². The van der Waals surface area contributed by atoms with Crippen LogP contribution in [0.4, 0.5) is 0 Å². The van der Waals surface area contributed by atoms with E-state index in [4.69, 9.17) is 4.74 Å². The van der Waals surface area contributed by atoms with E-state index in [1.54, 1.807) is 0 Å². The van der Waals surface area contributed by atoms with Gasteiger partial charge in [0.1, 0.15) is 5.75 Å². The van der Waals surface area contributed by atoms with E-state index in [9.17, 15) is 9.90 Å². The fourth-order valence-electron chi connectivity index (χ4n) is 6.63. The lowest BCUT2D eigenvalue weighted by molar-refractivity contribution is -0.139. The smallest absolute Gasteiger partial charge is 0.309 e. The summed E-state index contributed by atoms with van der Waals surface area (Å²) in [6.45, 7) is 0. The monoisotopic (exact) mass is 376 g/mol. The van der Waals surface area contributed by atoms with Crippen molar-refractivity contribution in [2.75, 3.05) is 7.11 Å². The standard InChI is InChI=1S/C25H28O3/c1-28-24(27)11-16-2-4-20(5-3-16)21-6-7-23(26)22(12-21)25-13-17-8-18(14-25)10-19(9-17)15-25/h2-7,12,17-19,26H,8-11,13-15H2,1H3. The highest BCUT2D eigenvalue weighted by atomic mass is 16.5. The van der Waals surface area contributed by atoms with Gasteiger partial charge in [-0.2, -0.15) is 0 Å². The molecule has 0 heterocycles. The summed E-state index contributed by atoms with van der Waals surface area (Å²) in [5.41, 5.74) is 4.57. The molecule has 4 fully saturated rings. The molecule has 0 unspecified atom stereocenters. The number of hydrogen-bond donors (Lipinski definition) is 1. The molecule has 3 nitrogen and oxygen atoms in total. The lowest BCUT2D eigenvalue weighted by atomic mass is 9.48. The molecule has 146 valence electrons. The first kappa shape index (κ1) is 17.8. The van der Waals surface area contributed by atoms with E-state index in [1.165, 1.54) is 51.2 Å². The van der Waals surface area contributed by atoms with Gasteiger partial charge in [0.2, 0.25) is 0 Å². The van der Waals surface area contributed by atoms with Crippen molar-refractivity contribution in [3.05, 3.63) is 53.6 Å². The van der Waals surface area contributed by atoms with E-state index < -0.39 is 0 Å². The molecule has 4 aliphatic carbocycles. The van der Waals surface area contributed by atoms with Crippen molar-refractivity contribution < 1.29 is 14.6 Å². The Labute approximate surface area is 166 Å². The number of methoxy groups -OCH3 is 1. The highest BCUT2D eigenvalue weighted by Crippen LogP contribution is 2.62. The van der Waals surface area contributed by atoms with Gasteiger partial charge in [0.15, 0.2) is 0 Å². The predicted molar refractivity (Wildman–Crippen MR) is 109 cm³/mol. The number of aromatic hydroxyl groups is 1. The molecule has 2 aromatic rings. The van der Waals surface area contributed by atoms with Crippen molar-refractivity contribution in [3.63, 3.8) is 0 Å². The van der Waals surface area contributed by atoms with E-state index in [-0.39, 0.29) is 11.4 Å². The first-order valence-corrected chi connectivity index (χ1v) is 10.5. The van der Waals surface area contributed by atoms with Crippen LogP contribution in [0.1, 0.15) is 49.7 Å². The molecule has 4 saturated carbocycles. The van der Waals surface area contributed by atoms with E-state index >= 15 is 0 Å². The zero-order valence-corrected chi connectivity index (χ0v) is 16.5. The molecular weight excluding hydrogens is 348 g/mol. The molecule has 0 atom stereocenters. The van der Waals surface area contributed by atoms with Crippen molar-refractivity contribution >= 4 is 5.97 Å². The van der Waals surface area contributed by atoms with Gasteiger partial charge >= 0.3 is 5.97 Å². The Hall–Kier alpha value is -2.29. The van der Waals surface area contributed by atoms with Crippen molar-refractivity contribution in [1.29, 1.82) is 0 Å². The van der Waals surface area contributed by atoms with Crippen molar-refractivity contribution in [2.24, 2.45) is 17.8 Å². The second-order valence-corrected chi connectivity index (χ2v) is 9.38. The van der Waals surface area contributed by atoms with Gasteiger partial charge in [0.05, 0.1) is 13.5 Å². The van der Waals surface area contributed by atoms with Crippen LogP contribution in [0, 0.1) is 17.8 Å². The number of ether oxygens (including phenoxy) is 1. The summed E-state index contributed by atoms with van der Waals surface area (Å²) >= 11 is 0. The maximum absolute atomic E-state index is 11.5. The molecule has 3 heteroatoms. The zero-order valence-electron chi connectivity index (χ0n) is 16.5. The number of hydrogen-bond acceptors (Lipinski definition) is 3. The molecule has 0 spiro atoms. The Morgan fingerprint density at radius 2 is 1.54 bits per heavy atom. The largest absolute Gasteiger partial charge is 0.508 e. The normalized spacial score (nSPS) is 30.4. The average molecular weight is 376 g/mol. The molecule has 4 bridgehead atoms. The van der Waals surface area contributed by atoms with Crippen molar-refractivity contribution in [1.82, 2.24) is 0 Å². The SMILES string of the molecule is COC(=O)Cc1ccc(-c2ccc(O)c(C34CC5CC(CC(C5)C3)C4)c2)cc1. The zero-order chi connectivity index (χ0) is 19.3. The minimum absolute atomic E-state index is 0.180. The van der Waals surface area contributed by atoms with Gasteiger partial charge in [0, 0.05) is 5.56 Å². The van der Waals surface area contributed by atoms with Crippen LogP contribution in [0.2, 0.25) is 0 Å². The lowest BCUT2D eigenvalue weighted by Gasteiger charge is -2.57. The third-order valence-electron chi connectivity index (χ3n) is 7.47. The minimum atomic E-state index is -0.221. The predicted octanol–water partition coefficient (Wildman–Crippen LogP) is 5.24. The lowest BCUT2D eigenvalue weighted by Crippen LogP contribution is -2.48. The Bertz CT molecular complexity index is 861. The summed E-state index contributed by atoms with van der Waals surface area (Å²) in [5.74, 6) is 2.81. The van der Waals surface area contributed by atoms with Crippen LogP contribution in [0.25, 0.3) is 11.1 Å². The van der Waals surface area contributed by atoms with Gasteiger partial charge in [-0.3, -0.25) is 4.79 Å². The summed E-state index contributed by atoms with van der Waals surface area (Å²) in [5, 5.41) is 10.8. The molecule has 0 aromatic heterocycles. The third-order valence-corrected chi connectivity index (χ3v) is 7.47. The van der Waals surface area contributed by atoms with E-state index in [2.05, 4.69) is 18.2 Å². The van der Waals surface area contributed by atoms with Crippen LogP contribution in [0.5, 0.6) is 5.75 Å². The topological polar surface area (TPSA) is 46.5 Å². The highest BCUT2D eigenvalue weighted by molar-refractivity contribution is 5.73. The van der Waals surface area contributed by atoms with Gasteiger partial charge < -0.3 is 9.84 Å². The number of carbonyl (C=O) groups excluding carboxylic acids is 1. The fraction of sp³-hybridized carbons (Fsp3) is 0.480. The number of phenolic OH excluding ortho intramolecular Hbond substituents is 1. The molecule has 1 N–H and O–H groups in total. The van der Waals surface area contributed by atoms with Crippen LogP contribution in [-0.4, -0.2) is 18.2 Å². The third kappa shape index (κ3) is 3.01. The minimum Gasteiger partial charge on any atom is -0.508 e. The molecule has 6 rings (SSSR count).